The van der Waals surface area contributed by atoms with Crippen molar-refractivity contribution in [2.24, 2.45) is 5.92 Å². The van der Waals surface area contributed by atoms with E-state index in [0.717, 1.165) is 6.07 Å². The number of nitriles is 1. The molecule has 0 saturated carbocycles. The average Bonchev–Trinajstić information content (AvgIpc) is 2.28. The van der Waals surface area contributed by atoms with Crippen LogP contribution in [0, 0.1) is 33.2 Å². The summed E-state index contributed by atoms with van der Waals surface area (Å²) in [6, 6.07) is 5.69. The molecule has 1 unspecified atom stereocenters. The Kier molecular flexibility index (Phi) is 3.99. The van der Waals surface area contributed by atoms with Crippen LogP contribution in [0.15, 0.2) is 18.2 Å². The first-order chi connectivity index (χ1) is 7.97. The Hall–Kier alpha value is -2.16. The molecule has 90 valence electrons. The zero-order chi connectivity index (χ0) is 13.0. The molecule has 0 fully saturated rings. The first kappa shape index (κ1) is 12.9. The number of anilines is 1. The van der Waals surface area contributed by atoms with Gasteiger partial charge in [0, 0.05) is 19.7 Å². The number of nitrogens with zero attached hydrogens (tertiary/aromatic N) is 3. The van der Waals surface area contributed by atoms with Crippen LogP contribution >= 0.6 is 0 Å². The molecule has 1 aromatic carbocycles. The molecule has 0 N–H and O–H groups in total. The highest BCUT2D eigenvalue weighted by Gasteiger charge is 2.22. The third-order valence-electron chi connectivity index (χ3n) is 2.31. The van der Waals surface area contributed by atoms with Crippen molar-refractivity contribution in [1.82, 2.24) is 0 Å². The molecule has 5 nitrogen and oxygen atoms in total. The molecule has 6 heteroatoms. The number of benzene rings is 1. The van der Waals surface area contributed by atoms with Gasteiger partial charge in [0.2, 0.25) is 0 Å². The van der Waals surface area contributed by atoms with Gasteiger partial charge in [0.05, 0.1) is 16.9 Å². The van der Waals surface area contributed by atoms with Gasteiger partial charge < -0.3 is 4.90 Å². The molecule has 0 bridgehead atoms. The fourth-order valence-electron chi connectivity index (χ4n) is 1.57. The summed E-state index contributed by atoms with van der Waals surface area (Å²) in [5.41, 5.74) is -0.378. The maximum Gasteiger partial charge on any atom is 0.295 e. The molecule has 0 heterocycles. The quantitative estimate of drug-likeness (QED) is 0.595. The van der Waals surface area contributed by atoms with Gasteiger partial charge in [-0.25, -0.2) is 4.39 Å². The number of hydrogen-bond acceptors (Lipinski definition) is 4. The predicted molar refractivity (Wildman–Crippen MR) is 61.1 cm³/mol. The molecule has 0 aliphatic carbocycles. The van der Waals surface area contributed by atoms with Crippen LogP contribution in [0.3, 0.4) is 0 Å². The molecule has 0 spiro atoms. The van der Waals surface area contributed by atoms with E-state index in [9.17, 15) is 14.5 Å². The van der Waals surface area contributed by atoms with Crippen molar-refractivity contribution in [3.8, 4) is 6.07 Å². The average molecular weight is 237 g/mol. The minimum absolute atomic E-state index is 0.0837. The minimum Gasteiger partial charge on any atom is -0.365 e. The molecule has 0 aliphatic heterocycles. The minimum atomic E-state index is -0.660. The highest BCUT2D eigenvalue weighted by atomic mass is 19.1. The van der Waals surface area contributed by atoms with E-state index >= 15 is 0 Å². The van der Waals surface area contributed by atoms with Crippen LogP contribution in [-0.2, 0) is 0 Å². The molecule has 0 radical (unpaired) electrons. The van der Waals surface area contributed by atoms with E-state index in [-0.39, 0.29) is 23.8 Å². The van der Waals surface area contributed by atoms with Gasteiger partial charge >= 0.3 is 0 Å². The zero-order valence-corrected chi connectivity index (χ0v) is 9.55. The van der Waals surface area contributed by atoms with E-state index in [0.29, 0.717) is 0 Å². The Morgan fingerprint density at radius 2 is 2.29 bits per heavy atom. The molecular formula is C11H12FN3O2. The zero-order valence-electron chi connectivity index (χ0n) is 9.55. The van der Waals surface area contributed by atoms with Crippen LogP contribution in [0.25, 0.3) is 0 Å². The molecular weight excluding hydrogens is 225 g/mol. The first-order valence-electron chi connectivity index (χ1n) is 5.01. The lowest BCUT2D eigenvalue weighted by molar-refractivity contribution is -0.384. The number of nitro benzene ring substituents is 1. The lowest BCUT2D eigenvalue weighted by Crippen LogP contribution is -2.25. The topological polar surface area (TPSA) is 70.2 Å². The molecule has 17 heavy (non-hydrogen) atoms. The van der Waals surface area contributed by atoms with E-state index in [1.807, 2.05) is 6.07 Å². The lowest BCUT2D eigenvalue weighted by atomic mass is 10.1. The molecule has 0 aromatic heterocycles. The largest absolute Gasteiger partial charge is 0.365 e. The monoisotopic (exact) mass is 237 g/mol. The molecule has 0 amide bonds. The van der Waals surface area contributed by atoms with Crippen molar-refractivity contribution >= 4 is 11.4 Å². The van der Waals surface area contributed by atoms with Gasteiger partial charge in [-0.05, 0) is 13.0 Å². The van der Waals surface area contributed by atoms with Crippen molar-refractivity contribution in [3.05, 3.63) is 34.1 Å². The number of rotatable bonds is 4. The first-order valence-corrected chi connectivity index (χ1v) is 5.01. The standard InChI is InChI=1S/C11H12FN3O2/c1-8(6-13)7-14(2)11-9(12)4-3-5-10(11)15(16)17/h3-5,8H,7H2,1-2H3. The van der Waals surface area contributed by atoms with Gasteiger partial charge in [0.15, 0.2) is 11.5 Å². The van der Waals surface area contributed by atoms with Gasteiger partial charge in [-0.1, -0.05) is 6.07 Å². The molecule has 0 aliphatic rings. The van der Waals surface area contributed by atoms with Crippen LogP contribution < -0.4 is 4.90 Å². The summed E-state index contributed by atoms with van der Waals surface area (Å²) in [7, 11) is 1.53. The predicted octanol–water partition coefficient (Wildman–Crippen LogP) is 2.33. The van der Waals surface area contributed by atoms with Crippen LogP contribution in [0.5, 0.6) is 0 Å². The number of nitro groups is 1. The maximum absolute atomic E-state index is 13.6. The van der Waals surface area contributed by atoms with Gasteiger partial charge in [-0.15, -0.1) is 0 Å². The smallest absolute Gasteiger partial charge is 0.295 e. The number of halogens is 1. The maximum atomic E-state index is 13.6. The van der Waals surface area contributed by atoms with Gasteiger partial charge in [0.1, 0.15) is 0 Å². The summed E-state index contributed by atoms with van der Waals surface area (Å²) in [5.74, 6) is -0.994. The van der Waals surface area contributed by atoms with E-state index in [2.05, 4.69) is 0 Å². The Morgan fingerprint density at radius 3 is 2.82 bits per heavy atom. The molecule has 1 atom stereocenters. The fourth-order valence-corrected chi connectivity index (χ4v) is 1.57. The summed E-state index contributed by atoms with van der Waals surface area (Å²) in [4.78, 5) is 11.5. The van der Waals surface area contributed by atoms with E-state index in [1.54, 1.807) is 6.92 Å². The third-order valence-corrected chi connectivity index (χ3v) is 2.31. The highest BCUT2D eigenvalue weighted by Crippen LogP contribution is 2.30. The fraction of sp³-hybridized carbons (Fsp3) is 0.364. The summed E-state index contributed by atoms with van der Waals surface area (Å²) < 4.78 is 13.6. The molecule has 1 aromatic rings. The Morgan fingerprint density at radius 1 is 1.65 bits per heavy atom. The second-order valence-corrected chi connectivity index (χ2v) is 3.78. The second-order valence-electron chi connectivity index (χ2n) is 3.78. The third kappa shape index (κ3) is 2.91. The molecule has 1 rings (SSSR count). The lowest BCUT2D eigenvalue weighted by Gasteiger charge is -2.20. The van der Waals surface area contributed by atoms with Crippen LogP contribution in [0.2, 0.25) is 0 Å². The highest BCUT2D eigenvalue weighted by molar-refractivity contribution is 5.63. The van der Waals surface area contributed by atoms with Crippen molar-refractivity contribution in [2.75, 3.05) is 18.5 Å². The Balaban J connectivity index is 3.12. The summed E-state index contributed by atoms with van der Waals surface area (Å²) in [6.45, 7) is 1.90. The normalized spacial score (nSPS) is 11.6. The van der Waals surface area contributed by atoms with Gasteiger partial charge in [-0.2, -0.15) is 5.26 Å². The summed E-state index contributed by atoms with van der Waals surface area (Å²) in [6.07, 6.45) is 0. The van der Waals surface area contributed by atoms with Crippen LogP contribution in [0.4, 0.5) is 15.8 Å². The van der Waals surface area contributed by atoms with Crippen molar-refractivity contribution < 1.29 is 9.31 Å². The van der Waals surface area contributed by atoms with E-state index < -0.39 is 10.7 Å². The SMILES string of the molecule is CC(C#N)CN(C)c1c(F)cccc1[N+](=O)[O-]. The van der Waals surface area contributed by atoms with Crippen molar-refractivity contribution in [2.45, 2.75) is 6.92 Å². The van der Waals surface area contributed by atoms with E-state index in [4.69, 9.17) is 5.26 Å². The number of hydrogen-bond donors (Lipinski definition) is 0. The van der Waals surface area contributed by atoms with Crippen LogP contribution in [0.1, 0.15) is 6.92 Å². The van der Waals surface area contributed by atoms with Gasteiger partial charge in [0.25, 0.3) is 5.69 Å². The number of para-hydroxylation sites is 1. The second kappa shape index (κ2) is 5.25. The summed E-state index contributed by atoms with van der Waals surface area (Å²) in [5, 5.41) is 19.5. The van der Waals surface area contributed by atoms with E-state index in [1.165, 1.54) is 24.1 Å². The van der Waals surface area contributed by atoms with Gasteiger partial charge in [-0.3, -0.25) is 10.1 Å². The van der Waals surface area contributed by atoms with Crippen molar-refractivity contribution in [1.29, 1.82) is 5.26 Å². The molecule has 0 saturated heterocycles. The Bertz CT molecular complexity index is 470. The van der Waals surface area contributed by atoms with Crippen molar-refractivity contribution in [3.63, 3.8) is 0 Å². The summed E-state index contributed by atoms with van der Waals surface area (Å²) >= 11 is 0. The van der Waals surface area contributed by atoms with Crippen LogP contribution in [-0.4, -0.2) is 18.5 Å². The Labute approximate surface area is 98.2 Å².